The molecule has 0 saturated heterocycles. The standard InChI is InChI=1S/C24H26/c1-16(2)18-14-20(17-10-6-5-7-11-17)23-21(15-18)19-12-8-9-13-22(19)24(23,3)4/h6,8-16H,5,7H2,1-4H3. The molecular formula is C24H26. The summed E-state index contributed by atoms with van der Waals surface area (Å²) in [6.07, 6.45) is 9.37. The van der Waals surface area contributed by atoms with Crippen molar-refractivity contribution in [2.75, 3.05) is 0 Å². The number of hydrogen-bond acceptors (Lipinski definition) is 0. The lowest BCUT2D eigenvalue weighted by Gasteiger charge is -2.26. The number of fused-ring (bicyclic) bond motifs is 3. The Morgan fingerprint density at radius 2 is 1.67 bits per heavy atom. The fourth-order valence-electron chi connectivity index (χ4n) is 4.32. The van der Waals surface area contributed by atoms with Crippen molar-refractivity contribution in [3.8, 4) is 11.1 Å². The summed E-state index contributed by atoms with van der Waals surface area (Å²) in [5.74, 6) is 0.540. The second-order valence-corrected chi connectivity index (χ2v) is 7.96. The normalized spacial score (nSPS) is 17.6. The average Bonchev–Trinajstić information content (AvgIpc) is 2.83. The van der Waals surface area contributed by atoms with Crippen molar-refractivity contribution in [1.82, 2.24) is 0 Å². The van der Waals surface area contributed by atoms with Crippen LogP contribution in [0.4, 0.5) is 0 Å². The van der Waals surface area contributed by atoms with Gasteiger partial charge in [-0.3, -0.25) is 0 Å². The minimum atomic E-state index is 0.0584. The predicted octanol–water partition coefficient (Wildman–Crippen LogP) is 6.85. The van der Waals surface area contributed by atoms with Gasteiger partial charge in [-0.05, 0) is 57.7 Å². The Morgan fingerprint density at radius 1 is 0.917 bits per heavy atom. The Hall–Kier alpha value is -2.08. The molecule has 0 atom stereocenters. The van der Waals surface area contributed by atoms with E-state index < -0.39 is 0 Å². The van der Waals surface area contributed by atoms with Crippen molar-refractivity contribution < 1.29 is 0 Å². The summed E-state index contributed by atoms with van der Waals surface area (Å²) in [6.45, 7) is 9.35. The van der Waals surface area contributed by atoms with Gasteiger partial charge in [0.15, 0.2) is 0 Å². The second kappa shape index (κ2) is 5.48. The van der Waals surface area contributed by atoms with Gasteiger partial charge < -0.3 is 0 Å². The van der Waals surface area contributed by atoms with Gasteiger partial charge in [0.05, 0.1) is 0 Å². The molecule has 0 saturated carbocycles. The third-order valence-electron chi connectivity index (χ3n) is 5.65. The molecule has 0 radical (unpaired) electrons. The molecule has 4 rings (SSSR count). The van der Waals surface area contributed by atoms with Crippen molar-refractivity contribution >= 4 is 5.57 Å². The molecule has 2 aromatic rings. The predicted molar refractivity (Wildman–Crippen MR) is 104 cm³/mol. The van der Waals surface area contributed by atoms with Crippen LogP contribution in [0.25, 0.3) is 16.7 Å². The van der Waals surface area contributed by atoms with E-state index in [1.165, 1.54) is 45.4 Å². The van der Waals surface area contributed by atoms with E-state index in [9.17, 15) is 0 Å². The highest BCUT2D eigenvalue weighted by Gasteiger charge is 2.38. The third kappa shape index (κ3) is 2.20. The molecule has 0 spiro atoms. The minimum Gasteiger partial charge on any atom is -0.0836 e. The number of rotatable bonds is 2. The van der Waals surface area contributed by atoms with E-state index in [-0.39, 0.29) is 5.41 Å². The van der Waals surface area contributed by atoms with Gasteiger partial charge in [0.2, 0.25) is 0 Å². The molecule has 0 N–H and O–H groups in total. The van der Waals surface area contributed by atoms with E-state index in [0.717, 1.165) is 6.42 Å². The first-order valence-corrected chi connectivity index (χ1v) is 9.15. The number of allylic oxidation sites excluding steroid dienone is 4. The van der Waals surface area contributed by atoms with Crippen LogP contribution >= 0.6 is 0 Å². The molecule has 0 heterocycles. The van der Waals surface area contributed by atoms with Crippen molar-refractivity contribution in [2.45, 2.75) is 51.9 Å². The van der Waals surface area contributed by atoms with E-state index >= 15 is 0 Å². The first-order valence-electron chi connectivity index (χ1n) is 9.15. The summed E-state index contributed by atoms with van der Waals surface area (Å²) in [5, 5.41) is 0. The Morgan fingerprint density at radius 3 is 2.38 bits per heavy atom. The topological polar surface area (TPSA) is 0 Å². The van der Waals surface area contributed by atoms with E-state index in [0.29, 0.717) is 5.92 Å². The van der Waals surface area contributed by atoms with Crippen LogP contribution in [0.5, 0.6) is 0 Å². The summed E-state index contributed by atoms with van der Waals surface area (Å²) in [5.41, 5.74) is 10.2. The maximum absolute atomic E-state index is 2.44. The Kier molecular flexibility index (Phi) is 3.53. The molecule has 2 aliphatic rings. The lowest BCUT2D eigenvalue weighted by Crippen LogP contribution is -2.17. The van der Waals surface area contributed by atoms with Gasteiger partial charge in [-0.15, -0.1) is 0 Å². The average molecular weight is 314 g/mol. The molecule has 0 unspecified atom stereocenters. The molecule has 0 amide bonds. The minimum absolute atomic E-state index is 0.0584. The molecule has 0 bridgehead atoms. The maximum atomic E-state index is 2.44. The van der Waals surface area contributed by atoms with E-state index in [1.54, 1.807) is 0 Å². The summed E-state index contributed by atoms with van der Waals surface area (Å²) in [4.78, 5) is 0. The molecular weight excluding hydrogens is 288 g/mol. The quantitative estimate of drug-likeness (QED) is 0.568. The first kappa shape index (κ1) is 15.4. The fourth-order valence-corrected chi connectivity index (χ4v) is 4.32. The molecule has 0 fully saturated rings. The van der Waals surface area contributed by atoms with E-state index in [2.05, 4.69) is 82.3 Å². The maximum Gasteiger partial charge on any atom is 0.0165 e. The zero-order valence-corrected chi connectivity index (χ0v) is 15.2. The summed E-state index contributed by atoms with van der Waals surface area (Å²) in [6, 6.07) is 13.8. The van der Waals surface area contributed by atoms with Crippen molar-refractivity contribution in [3.05, 3.63) is 76.9 Å². The van der Waals surface area contributed by atoms with Crippen LogP contribution in [0.15, 0.2) is 54.6 Å². The van der Waals surface area contributed by atoms with Gasteiger partial charge in [-0.2, -0.15) is 0 Å². The van der Waals surface area contributed by atoms with Crippen LogP contribution in [0.3, 0.4) is 0 Å². The SMILES string of the molecule is CC(C)c1cc(C2=CCCC=C2)c2c(c1)-c1ccccc1C2(C)C. The van der Waals surface area contributed by atoms with Gasteiger partial charge in [-0.25, -0.2) is 0 Å². The van der Waals surface area contributed by atoms with Gasteiger partial charge in [0.1, 0.15) is 0 Å². The largest absolute Gasteiger partial charge is 0.0836 e. The molecule has 2 aromatic carbocycles. The zero-order valence-electron chi connectivity index (χ0n) is 15.2. The highest BCUT2D eigenvalue weighted by Crippen LogP contribution is 2.52. The van der Waals surface area contributed by atoms with Crippen molar-refractivity contribution in [2.24, 2.45) is 0 Å². The fraction of sp³-hybridized carbons (Fsp3) is 0.333. The van der Waals surface area contributed by atoms with Gasteiger partial charge in [0.25, 0.3) is 0 Å². The smallest absolute Gasteiger partial charge is 0.0165 e. The monoisotopic (exact) mass is 314 g/mol. The number of benzene rings is 2. The Bertz CT molecular complexity index is 860. The van der Waals surface area contributed by atoms with Crippen molar-refractivity contribution in [1.29, 1.82) is 0 Å². The van der Waals surface area contributed by atoms with Crippen LogP contribution in [-0.4, -0.2) is 0 Å². The van der Waals surface area contributed by atoms with Gasteiger partial charge in [0, 0.05) is 5.41 Å². The molecule has 122 valence electrons. The first-order chi connectivity index (χ1) is 11.5. The summed E-state index contributed by atoms with van der Waals surface area (Å²) < 4.78 is 0. The zero-order chi connectivity index (χ0) is 16.9. The summed E-state index contributed by atoms with van der Waals surface area (Å²) in [7, 11) is 0. The molecule has 0 aliphatic heterocycles. The van der Waals surface area contributed by atoms with Crippen LogP contribution in [0, 0.1) is 0 Å². The highest BCUT2D eigenvalue weighted by atomic mass is 14.4. The van der Waals surface area contributed by atoms with E-state index in [1.807, 2.05) is 0 Å². The molecule has 0 aromatic heterocycles. The van der Waals surface area contributed by atoms with Gasteiger partial charge >= 0.3 is 0 Å². The lowest BCUT2D eigenvalue weighted by molar-refractivity contribution is 0.658. The highest BCUT2D eigenvalue weighted by molar-refractivity contribution is 5.89. The Labute approximate surface area is 145 Å². The van der Waals surface area contributed by atoms with Gasteiger partial charge in [-0.1, -0.05) is 82.3 Å². The van der Waals surface area contributed by atoms with Crippen LogP contribution in [0.1, 0.15) is 68.7 Å². The van der Waals surface area contributed by atoms with Crippen molar-refractivity contribution in [3.63, 3.8) is 0 Å². The lowest BCUT2D eigenvalue weighted by atomic mass is 9.77. The molecule has 0 heteroatoms. The van der Waals surface area contributed by atoms with Crippen LogP contribution in [-0.2, 0) is 5.41 Å². The number of hydrogen-bond donors (Lipinski definition) is 0. The molecule has 2 aliphatic carbocycles. The third-order valence-corrected chi connectivity index (χ3v) is 5.65. The van der Waals surface area contributed by atoms with Crippen LogP contribution < -0.4 is 0 Å². The van der Waals surface area contributed by atoms with E-state index in [4.69, 9.17) is 0 Å². The molecule has 24 heavy (non-hydrogen) atoms. The molecule has 0 nitrogen and oxygen atoms in total. The second-order valence-electron chi connectivity index (χ2n) is 7.96. The Balaban J connectivity index is 2.05. The summed E-state index contributed by atoms with van der Waals surface area (Å²) >= 11 is 0. The van der Waals surface area contributed by atoms with Crippen LogP contribution in [0.2, 0.25) is 0 Å².